The molecule has 2 heterocycles. The van der Waals surface area contributed by atoms with Gasteiger partial charge in [0.2, 0.25) is 0 Å². The van der Waals surface area contributed by atoms with E-state index in [2.05, 4.69) is 35.8 Å². The number of rotatable bonds is 4. The highest BCUT2D eigenvalue weighted by Crippen LogP contribution is 2.26. The summed E-state index contributed by atoms with van der Waals surface area (Å²) in [5.41, 5.74) is 8.04. The number of fused-ring (bicyclic) bond motifs is 1. The van der Waals surface area contributed by atoms with Crippen LogP contribution in [-0.4, -0.2) is 48.1 Å². The summed E-state index contributed by atoms with van der Waals surface area (Å²) in [6, 6.07) is 9.93. The van der Waals surface area contributed by atoms with E-state index in [1.165, 1.54) is 51.0 Å². The molecule has 21 heavy (non-hydrogen) atoms. The molecule has 3 nitrogen and oxygen atoms in total. The molecule has 3 atom stereocenters. The Labute approximate surface area is 129 Å². The topological polar surface area (TPSA) is 32.5 Å². The average molecular weight is 287 g/mol. The van der Waals surface area contributed by atoms with Gasteiger partial charge in [-0.3, -0.25) is 9.80 Å². The van der Waals surface area contributed by atoms with E-state index in [0.717, 1.165) is 11.7 Å². The Balaban J connectivity index is 1.53. The minimum Gasteiger partial charge on any atom is -0.399 e. The Kier molecular flexibility index (Phi) is 4.51. The van der Waals surface area contributed by atoms with Crippen molar-refractivity contribution >= 4 is 5.69 Å². The van der Waals surface area contributed by atoms with E-state index in [9.17, 15) is 0 Å². The Morgan fingerprint density at radius 2 is 2.00 bits per heavy atom. The molecule has 0 aliphatic carbocycles. The summed E-state index contributed by atoms with van der Waals surface area (Å²) in [7, 11) is 0. The number of hydrogen-bond acceptors (Lipinski definition) is 3. The fraction of sp³-hybridized carbons (Fsp3) is 0.667. The van der Waals surface area contributed by atoms with Gasteiger partial charge in [0, 0.05) is 30.9 Å². The molecule has 3 unspecified atom stereocenters. The predicted octanol–water partition coefficient (Wildman–Crippen LogP) is 2.93. The summed E-state index contributed by atoms with van der Waals surface area (Å²) >= 11 is 0. The molecule has 2 fully saturated rings. The minimum atomic E-state index is 0.611. The Morgan fingerprint density at radius 3 is 2.76 bits per heavy atom. The summed E-state index contributed by atoms with van der Waals surface area (Å²) in [6.07, 6.45) is 4.03. The number of nitrogens with zero attached hydrogens (tertiary/aromatic N) is 2. The van der Waals surface area contributed by atoms with Gasteiger partial charge in [-0.05, 0) is 62.9 Å². The van der Waals surface area contributed by atoms with Gasteiger partial charge in [-0.2, -0.15) is 0 Å². The molecule has 1 aromatic rings. The van der Waals surface area contributed by atoms with Gasteiger partial charge in [-0.25, -0.2) is 0 Å². The van der Waals surface area contributed by atoms with Crippen LogP contribution in [0.4, 0.5) is 5.69 Å². The van der Waals surface area contributed by atoms with Crippen molar-refractivity contribution in [1.82, 2.24) is 9.80 Å². The number of nitrogens with two attached hydrogens (primary N) is 1. The van der Waals surface area contributed by atoms with Gasteiger partial charge >= 0.3 is 0 Å². The van der Waals surface area contributed by atoms with Crippen LogP contribution in [0.5, 0.6) is 0 Å². The van der Waals surface area contributed by atoms with E-state index in [1.807, 2.05) is 12.1 Å². The molecule has 0 spiro atoms. The van der Waals surface area contributed by atoms with E-state index in [1.54, 1.807) is 0 Å². The second kappa shape index (κ2) is 6.37. The molecule has 116 valence electrons. The van der Waals surface area contributed by atoms with Crippen LogP contribution in [0.2, 0.25) is 0 Å². The van der Waals surface area contributed by atoms with Crippen molar-refractivity contribution in [3.05, 3.63) is 29.8 Å². The van der Waals surface area contributed by atoms with Crippen molar-refractivity contribution in [2.45, 2.75) is 51.1 Å². The molecule has 0 bridgehead atoms. The molecule has 0 radical (unpaired) electrons. The molecule has 3 heteroatoms. The maximum Gasteiger partial charge on any atom is 0.0314 e. The van der Waals surface area contributed by atoms with Crippen molar-refractivity contribution in [1.29, 1.82) is 0 Å². The third kappa shape index (κ3) is 3.41. The first kappa shape index (κ1) is 14.9. The van der Waals surface area contributed by atoms with Gasteiger partial charge < -0.3 is 5.73 Å². The molecule has 1 aromatic carbocycles. The lowest BCUT2D eigenvalue weighted by atomic mass is 9.96. The normalized spacial score (nSPS) is 28.5. The number of hydrogen-bond donors (Lipinski definition) is 1. The standard InChI is InChI=1S/C18H29N3/c1-14(16-5-7-17(19)8-6-16)9-11-20-13-18-4-3-10-21(18)12-15(20)2/h5-8,14-15,18H,3-4,9-13,19H2,1-2H3. The quantitative estimate of drug-likeness (QED) is 0.864. The van der Waals surface area contributed by atoms with Gasteiger partial charge in [0.05, 0.1) is 0 Å². The zero-order valence-electron chi connectivity index (χ0n) is 13.5. The van der Waals surface area contributed by atoms with Gasteiger partial charge in [0.1, 0.15) is 0 Å². The van der Waals surface area contributed by atoms with Crippen molar-refractivity contribution in [3.8, 4) is 0 Å². The molecule has 0 aromatic heterocycles. The molecule has 0 saturated carbocycles. The van der Waals surface area contributed by atoms with Gasteiger partial charge in [-0.15, -0.1) is 0 Å². The first-order valence-corrected chi connectivity index (χ1v) is 8.47. The smallest absolute Gasteiger partial charge is 0.0314 e. The van der Waals surface area contributed by atoms with Crippen LogP contribution in [0.1, 0.15) is 44.6 Å². The fourth-order valence-corrected chi connectivity index (χ4v) is 3.91. The van der Waals surface area contributed by atoms with E-state index in [0.29, 0.717) is 12.0 Å². The molecular weight excluding hydrogens is 258 g/mol. The third-order valence-corrected chi connectivity index (χ3v) is 5.42. The van der Waals surface area contributed by atoms with E-state index >= 15 is 0 Å². The average Bonchev–Trinajstić information content (AvgIpc) is 2.92. The molecule has 2 saturated heterocycles. The van der Waals surface area contributed by atoms with Crippen molar-refractivity contribution in [3.63, 3.8) is 0 Å². The van der Waals surface area contributed by atoms with Crippen LogP contribution in [0.15, 0.2) is 24.3 Å². The van der Waals surface area contributed by atoms with Gasteiger partial charge in [0.25, 0.3) is 0 Å². The summed E-state index contributed by atoms with van der Waals surface area (Å²) in [5.74, 6) is 0.611. The lowest BCUT2D eigenvalue weighted by molar-refractivity contribution is 0.0577. The first-order chi connectivity index (χ1) is 10.1. The van der Waals surface area contributed by atoms with Crippen LogP contribution in [0.25, 0.3) is 0 Å². The second-order valence-electron chi connectivity index (χ2n) is 6.99. The summed E-state index contributed by atoms with van der Waals surface area (Å²) < 4.78 is 0. The van der Waals surface area contributed by atoms with Crippen LogP contribution in [-0.2, 0) is 0 Å². The van der Waals surface area contributed by atoms with Gasteiger partial charge in [-0.1, -0.05) is 19.1 Å². The predicted molar refractivity (Wildman–Crippen MR) is 89.5 cm³/mol. The highest BCUT2D eigenvalue weighted by Gasteiger charge is 2.34. The SMILES string of the molecule is CC(CCN1CC2CCCN2CC1C)c1ccc(N)cc1. The Hall–Kier alpha value is -1.06. The Morgan fingerprint density at radius 1 is 1.24 bits per heavy atom. The highest BCUT2D eigenvalue weighted by molar-refractivity contribution is 5.40. The molecule has 2 N–H and O–H groups in total. The zero-order chi connectivity index (χ0) is 14.8. The summed E-state index contributed by atoms with van der Waals surface area (Å²) in [5, 5.41) is 0. The van der Waals surface area contributed by atoms with Crippen LogP contribution >= 0.6 is 0 Å². The summed E-state index contributed by atoms with van der Waals surface area (Å²) in [6.45, 7) is 9.81. The maximum absolute atomic E-state index is 5.77. The van der Waals surface area contributed by atoms with E-state index in [-0.39, 0.29) is 0 Å². The first-order valence-electron chi connectivity index (χ1n) is 8.47. The number of benzene rings is 1. The molecule has 3 rings (SSSR count). The van der Waals surface area contributed by atoms with Crippen molar-refractivity contribution in [2.24, 2.45) is 0 Å². The zero-order valence-corrected chi connectivity index (χ0v) is 13.5. The number of anilines is 1. The maximum atomic E-state index is 5.77. The number of nitrogen functional groups attached to an aromatic ring is 1. The molecular formula is C18H29N3. The van der Waals surface area contributed by atoms with E-state index < -0.39 is 0 Å². The monoisotopic (exact) mass is 287 g/mol. The second-order valence-corrected chi connectivity index (χ2v) is 6.99. The minimum absolute atomic E-state index is 0.611. The van der Waals surface area contributed by atoms with Crippen LogP contribution < -0.4 is 5.73 Å². The molecule has 2 aliphatic rings. The highest BCUT2D eigenvalue weighted by atomic mass is 15.3. The fourth-order valence-electron chi connectivity index (χ4n) is 3.91. The van der Waals surface area contributed by atoms with Gasteiger partial charge in [0.15, 0.2) is 0 Å². The Bertz CT molecular complexity index is 456. The molecule has 2 aliphatic heterocycles. The molecule has 0 amide bonds. The van der Waals surface area contributed by atoms with Crippen molar-refractivity contribution in [2.75, 3.05) is 31.9 Å². The third-order valence-electron chi connectivity index (χ3n) is 5.42. The van der Waals surface area contributed by atoms with Crippen LogP contribution in [0, 0.1) is 0 Å². The van der Waals surface area contributed by atoms with E-state index in [4.69, 9.17) is 5.73 Å². The summed E-state index contributed by atoms with van der Waals surface area (Å²) in [4.78, 5) is 5.41. The number of piperazine rings is 1. The largest absolute Gasteiger partial charge is 0.399 e. The lowest BCUT2D eigenvalue weighted by Gasteiger charge is -2.42. The lowest BCUT2D eigenvalue weighted by Crippen LogP contribution is -2.55. The van der Waals surface area contributed by atoms with Crippen LogP contribution in [0.3, 0.4) is 0 Å². The van der Waals surface area contributed by atoms with Crippen molar-refractivity contribution < 1.29 is 0 Å².